The van der Waals surface area contributed by atoms with Gasteiger partial charge in [-0.1, -0.05) is 19.3 Å². The summed E-state index contributed by atoms with van der Waals surface area (Å²) in [5.74, 6) is 0.730. The second-order valence-electron chi connectivity index (χ2n) is 8.65. The van der Waals surface area contributed by atoms with E-state index in [0.717, 1.165) is 44.8 Å². The van der Waals surface area contributed by atoms with Crippen LogP contribution in [0.2, 0.25) is 0 Å². The van der Waals surface area contributed by atoms with Crippen LogP contribution in [0.4, 0.5) is 0 Å². The summed E-state index contributed by atoms with van der Waals surface area (Å²) in [6.07, 6.45) is 11.6. The first kappa shape index (κ1) is 18.7. The number of piperidine rings is 1. The largest absolute Gasteiger partial charge is 0.367 e. The van der Waals surface area contributed by atoms with Crippen molar-refractivity contribution in [2.75, 3.05) is 19.6 Å². The van der Waals surface area contributed by atoms with Crippen LogP contribution in [-0.4, -0.2) is 30.7 Å². The number of nitrogens with zero attached hydrogens (tertiary/aromatic N) is 1. The molecule has 2 rings (SSSR count). The van der Waals surface area contributed by atoms with Gasteiger partial charge in [-0.05, 0) is 77.2 Å². The van der Waals surface area contributed by atoms with E-state index >= 15 is 0 Å². The van der Waals surface area contributed by atoms with Gasteiger partial charge in [0.2, 0.25) is 0 Å². The minimum absolute atomic E-state index is 0.121. The van der Waals surface area contributed by atoms with Gasteiger partial charge in [0.25, 0.3) is 0 Å². The molecule has 4 nitrogen and oxygen atoms in total. The van der Waals surface area contributed by atoms with Gasteiger partial charge >= 0.3 is 5.97 Å². The minimum Gasteiger partial charge on any atom is -0.367 e. The van der Waals surface area contributed by atoms with Gasteiger partial charge in [-0.3, -0.25) is 0 Å². The van der Waals surface area contributed by atoms with E-state index in [-0.39, 0.29) is 5.97 Å². The van der Waals surface area contributed by atoms with Gasteiger partial charge in [0.15, 0.2) is 0 Å². The van der Waals surface area contributed by atoms with Gasteiger partial charge in [-0.2, -0.15) is 0 Å². The highest BCUT2D eigenvalue weighted by atomic mass is 16.7. The predicted octanol–water partition coefficient (Wildman–Crippen LogP) is 3.89. The topological polar surface area (TPSA) is 55.6 Å². The van der Waals surface area contributed by atoms with Crippen LogP contribution in [0.3, 0.4) is 0 Å². The lowest BCUT2D eigenvalue weighted by atomic mass is 9.62. The van der Waals surface area contributed by atoms with Crippen LogP contribution in [0.25, 0.3) is 0 Å². The Morgan fingerprint density at radius 1 is 1.17 bits per heavy atom. The Kier molecular flexibility index (Phi) is 6.49. The van der Waals surface area contributed by atoms with Gasteiger partial charge in [-0.15, -0.1) is 5.06 Å². The molecule has 0 aromatic rings. The van der Waals surface area contributed by atoms with Crippen molar-refractivity contribution in [1.82, 2.24) is 5.06 Å². The van der Waals surface area contributed by atoms with Crippen molar-refractivity contribution < 1.29 is 9.63 Å². The normalized spacial score (nSPS) is 23.7. The molecule has 2 N–H and O–H groups in total. The van der Waals surface area contributed by atoms with E-state index < -0.39 is 5.41 Å². The molecule has 1 saturated heterocycles. The molecule has 134 valence electrons. The molecule has 0 radical (unpaired) electrons. The molecular formula is C19H36N2O2. The summed E-state index contributed by atoms with van der Waals surface area (Å²) in [6, 6.07) is 0. The number of nitrogens with two attached hydrogens (primary N) is 1. The highest BCUT2D eigenvalue weighted by Crippen LogP contribution is 2.48. The molecule has 0 unspecified atom stereocenters. The second kappa shape index (κ2) is 7.98. The Hall–Kier alpha value is -0.610. The summed E-state index contributed by atoms with van der Waals surface area (Å²) in [4.78, 5) is 17.7. The molecular weight excluding hydrogens is 288 g/mol. The fourth-order valence-corrected chi connectivity index (χ4v) is 4.31. The molecule has 2 aliphatic rings. The number of rotatable bonds is 5. The first-order valence-corrected chi connectivity index (χ1v) is 9.55. The summed E-state index contributed by atoms with van der Waals surface area (Å²) in [6.45, 7) is 8.27. The summed E-state index contributed by atoms with van der Waals surface area (Å²) in [5.41, 5.74) is 5.80. The molecule has 1 heterocycles. The molecule has 0 amide bonds. The number of hydrogen-bond donors (Lipinski definition) is 1. The Morgan fingerprint density at radius 3 is 2.30 bits per heavy atom. The van der Waals surface area contributed by atoms with E-state index in [9.17, 15) is 4.79 Å². The fraction of sp³-hybridized carbons (Fsp3) is 0.947. The molecule has 0 aromatic carbocycles. The average Bonchev–Trinajstić information content (AvgIpc) is 2.54. The molecule has 4 heteroatoms. The molecule has 0 atom stereocenters. The maximum Gasteiger partial charge on any atom is 0.330 e. The molecule has 1 aliphatic heterocycles. The van der Waals surface area contributed by atoms with Crippen LogP contribution in [0, 0.1) is 16.7 Å². The first-order valence-electron chi connectivity index (χ1n) is 9.55. The average molecular weight is 325 g/mol. The van der Waals surface area contributed by atoms with Crippen molar-refractivity contribution in [3.63, 3.8) is 0 Å². The highest BCUT2D eigenvalue weighted by Gasteiger charge is 2.42. The molecule has 2 fully saturated rings. The van der Waals surface area contributed by atoms with Crippen molar-refractivity contribution in [2.24, 2.45) is 22.5 Å². The maximum atomic E-state index is 12.1. The van der Waals surface area contributed by atoms with Gasteiger partial charge in [-0.25, -0.2) is 4.79 Å². The predicted molar refractivity (Wildman–Crippen MR) is 93.7 cm³/mol. The lowest BCUT2D eigenvalue weighted by Gasteiger charge is -2.48. The standard InChI is InChI=1S/C19H36N2O2/c1-18(2,3)17(22)23-21-14-11-19(12-15-21,10-7-13-20)16-8-5-4-6-9-16/h16H,4-15,20H2,1-3H3. The summed E-state index contributed by atoms with van der Waals surface area (Å²) >= 11 is 0. The molecule has 0 spiro atoms. The summed E-state index contributed by atoms with van der Waals surface area (Å²) in [5, 5.41) is 1.90. The van der Waals surface area contributed by atoms with Crippen molar-refractivity contribution in [3.8, 4) is 0 Å². The van der Waals surface area contributed by atoms with Crippen LogP contribution < -0.4 is 5.73 Å². The highest BCUT2D eigenvalue weighted by molar-refractivity contribution is 5.75. The summed E-state index contributed by atoms with van der Waals surface area (Å²) in [7, 11) is 0. The van der Waals surface area contributed by atoms with Crippen molar-refractivity contribution in [2.45, 2.75) is 78.6 Å². The van der Waals surface area contributed by atoms with Gasteiger partial charge < -0.3 is 10.6 Å². The zero-order valence-electron chi connectivity index (χ0n) is 15.4. The zero-order valence-corrected chi connectivity index (χ0v) is 15.4. The second-order valence-corrected chi connectivity index (χ2v) is 8.65. The van der Waals surface area contributed by atoms with Crippen LogP contribution in [0.5, 0.6) is 0 Å². The molecule has 0 bridgehead atoms. The Balaban J connectivity index is 1.94. The lowest BCUT2D eigenvalue weighted by molar-refractivity contribution is -0.212. The number of carbonyl (C=O) groups is 1. The van der Waals surface area contributed by atoms with E-state index in [4.69, 9.17) is 10.6 Å². The molecule has 1 aliphatic carbocycles. The van der Waals surface area contributed by atoms with E-state index in [1.165, 1.54) is 38.5 Å². The molecule has 0 aromatic heterocycles. The number of hydroxylamine groups is 2. The van der Waals surface area contributed by atoms with Crippen LogP contribution in [0.1, 0.15) is 78.6 Å². The van der Waals surface area contributed by atoms with Crippen molar-refractivity contribution in [3.05, 3.63) is 0 Å². The third-order valence-corrected chi connectivity index (χ3v) is 5.89. The SMILES string of the molecule is CC(C)(C)C(=O)ON1CCC(CCCN)(C2CCCCC2)CC1. The summed E-state index contributed by atoms with van der Waals surface area (Å²) < 4.78 is 0. The number of hydrogen-bond acceptors (Lipinski definition) is 4. The maximum absolute atomic E-state index is 12.1. The fourth-order valence-electron chi connectivity index (χ4n) is 4.31. The molecule has 23 heavy (non-hydrogen) atoms. The number of carbonyl (C=O) groups excluding carboxylic acids is 1. The minimum atomic E-state index is -0.433. The van der Waals surface area contributed by atoms with Gasteiger partial charge in [0.05, 0.1) is 5.41 Å². The van der Waals surface area contributed by atoms with E-state index in [1.807, 2.05) is 25.8 Å². The van der Waals surface area contributed by atoms with Crippen LogP contribution in [0.15, 0.2) is 0 Å². The third-order valence-electron chi connectivity index (χ3n) is 5.89. The monoisotopic (exact) mass is 324 g/mol. The van der Waals surface area contributed by atoms with Gasteiger partial charge in [0.1, 0.15) is 0 Å². The van der Waals surface area contributed by atoms with E-state index in [1.54, 1.807) is 0 Å². The van der Waals surface area contributed by atoms with Crippen LogP contribution in [-0.2, 0) is 9.63 Å². The van der Waals surface area contributed by atoms with Crippen LogP contribution >= 0.6 is 0 Å². The lowest BCUT2D eigenvalue weighted by Crippen LogP contribution is -2.46. The molecule has 1 saturated carbocycles. The zero-order chi connectivity index (χ0) is 16.9. The Morgan fingerprint density at radius 2 is 1.78 bits per heavy atom. The van der Waals surface area contributed by atoms with Crippen molar-refractivity contribution in [1.29, 1.82) is 0 Å². The smallest absolute Gasteiger partial charge is 0.330 e. The Bertz CT molecular complexity index is 375. The van der Waals surface area contributed by atoms with E-state index in [2.05, 4.69) is 0 Å². The Labute approximate surface area is 142 Å². The van der Waals surface area contributed by atoms with Crippen molar-refractivity contribution >= 4 is 5.97 Å². The van der Waals surface area contributed by atoms with Gasteiger partial charge in [0, 0.05) is 13.1 Å². The van der Waals surface area contributed by atoms with E-state index in [0.29, 0.717) is 5.41 Å². The third kappa shape index (κ3) is 4.93. The quantitative estimate of drug-likeness (QED) is 0.833. The first-order chi connectivity index (χ1) is 10.9.